The summed E-state index contributed by atoms with van der Waals surface area (Å²) in [5, 5.41) is 16.3. The van der Waals surface area contributed by atoms with Crippen LogP contribution in [-0.4, -0.2) is 37.2 Å². The molecule has 0 spiro atoms. The average molecular weight is 441 g/mol. The fourth-order valence-electron chi connectivity index (χ4n) is 3.75. The Bertz CT molecular complexity index is 1420. The number of fused-ring (bicyclic) bond motifs is 3. The minimum absolute atomic E-state index is 0.0327. The van der Waals surface area contributed by atoms with Gasteiger partial charge in [-0.25, -0.2) is 4.52 Å². The van der Waals surface area contributed by atoms with Gasteiger partial charge in [0.25, 0.3) is 0 Å². The number of hydrogen-bond donors (Lipinski definition) is 1. The van der Waals surface area contributed by atoms with Crippen LogP contribution >= 0.6 is 0 Å². The van der Waals surface area contributed by atoms with E-state index < -0.39 is 0 Å². The minimum atomic E-state index is -0.0327. The summed E-state index contributed by atoms with van der Waals surface area (Å²) in [6.07, 6.45) is 4.59. The second kappa shape index (κ2) is 8.74. The molecule has 166 valence electrons. The molecule has 5 aromatic rings. The Hall–Kier alpha value is -4.20. The van der Waals surface area contributed by atoms with Crippen LogP contribution in [0.1, 0.15) is 23.4 Å². The van der Waals surface area contributed by atoms with E-state index >= 15 is 0 Å². The highest BCUT2D eigenvalue weighted by atomic mass is 16.5. The molecule has 1 N–H and O–H groups in total. The van der Waals surface area contributed by atoms with Crippen LogP contribution in [-0.2, 0) is 17.8 Å². The maximum atomic E-state index is 12.4. The van der Waals surface area contributed by atoms with E-state index in [0.717, 1.165) is 39.6 Å². The Kier molecular flexibility index (Phi) is 5.48. The molecule has 3 aromatic heterocycles. The van der Waals surface area contributed by atoms with E-state index in [0.29, 0.717) is 19.4 Å². The first-order chi connectivity index (χ1) is 16.1. The molecule has 0 atom stereocenters. The molecule has 8 nitrogen and oxygen atoms in total. The first kappa shape index (κ1) is 20.7. The molecule has 0 fully saturated rings. The van der Waals surface area contributed by atoms with Gasteiger partial charge in [0.2, 0.25) is 5.91 Å². The maximum absolute atomic E-state index is 12.4. The molecule has 0 radical (unpaired) electrons. The summed E-state index contributed by atoms with van der Waals surface area (Å²) in [6.45, 7) is 2.54. The Balaban J connectivity index is 1.28. The number of nitrogens with one attached hydrogen (secondary N) is 1. The largest absolute Gasteiger partial charge is 0.497 e. The van der Waals surface area contributed by atoms with Crippen molar-refractivity contribution in [1.82, 2.24) is 29.5 Å². The lowest BCUT2D eigenvalue weighted by atomic mass is 10.1. The zero-order valence-corrected chi connectivity index (χ0v) is 18.5. The van der Waals surface area contributed by atoms with E-state index in [-0.39, 0.29) is 5.91 Å². The summed E-state index contributed by atoms with van der Waals surface area (Å²) < 4.78 is 8.89. The molecule has 3 heterocycles. The number of amides is 1. The third-order valence-corrected chi connectivity index (χ3v) is 5.66. The van der Waals surface area contributed by atoms with E-state index in [1.807, 2.05) is 51.6 Å². The molecule has 0 aliphatic rings. The predicted octanol–water partition coefficient (Wildman–Crippen LogP) is 3.61. The number of rotatable bonds is 7. The van der Waals surface area contributed by atoms with Crippen molar-refractivity contribution in [3.05, 3.63) is 83.9 Å². The van der Waals surface area contributed by atoms with Crippen LogP contribution in [0.4, 0.5) is 0 Å². The molecule has 2 aromatic carbocycles. The van der Waals surface area contributed by atoms with Crippen LogP contribution < -0.4 is 10.1 Å². The smallest absolute Gasteiger partial charge is 0.220 e. The Morgan fingerprint density at radius 1 is 1.03 bits per heavy atom. The van der Waals surface area contributed by atoms with Crippen molar-refractivity contribution >= 4 is 17.1 Å². The molecule has 0 aliphatic heterocycles. The summed E-state index contributed by atoms with van der Waals surface area (Å²) in [6, 6.07) is 17.9. The highest BCUT2D eigenvalue weighted by molar-refractivity contribution is 5.77. The number of nitrogens with zero attached hydrogens (tertiary/aromatic N) is 5. The zero-order chi connectivity index (χ0) is 22.8. The first-order valence-corrected chi connectivity index (χ1v) is 10.8. The van der Waals surface area contributed by atoms with Gasteiger partial charge < -0.3 is 10.1 Å². The van der Waals surface area contributed by atoms with Crippen LogP contribution in [0.25, 0.3) is 22.4 Å². The molecular weight excluding hydrogens is 416 g/mol. The van der Waals surface area contributed by atoms with Crippen molar-refractivity contribution in [3.8, 4) is 17.0 Å². The number of aromatic nitrogens is 5. The van der Waals surface area contributed by atoms with Gasteiger partial charge in [0, 0.05) is 37.3 Å². The van der Waals surface area contributed by atoms with E-state index in [9.17, 15) is 4.79 Å². The average Bonchev–Trinajstić information content (AvgIpc) is 3.46. The number of methoxy groups -OCH3 is 1. The summed E-state index contributed by atoms with van der Waals surface area (Å²) in [5.74, 6) is 1.50. The number of hydrogen-bond acceptors (Lipinski definition) is 5. The molecular formula is C25H24N6O2. The second-order valence-corrected chi connectivity index (χ2v) is 7.96. The third kappa shape index (κ3) is 4.27. The highest BCUT2D eigenvalue weighted by Crippen LogP contribution is 2.22. The molecule has 33 heavy (non-hydrogen) atoms. The van der Waals surface area contributed by atoms with Gasteiger partial charge in [-0.2, -0.15) is 5.10 Å². The molecule has 0 saturated carbocycles. The Labute approximate surface area is 190 Å². The van der Waals surface area contributed by atoms with Gasteiger partial charge in [-0.1, -0.05) is 42.0 Å². The zero-order valence-electron chi connectivity index (χ0n) is 18.5. The van der Waals surface area contributed by atoms with Crippen molar-refractivity contribution in [3.63, 3.8) is 0 Å². The molecule has 0 bridgehead atoms. The van der Waals surface area contributed by atoms with Gasteiger partial charge in [-0.15, -0.1) is 10.2 Å². The van der Waals surface area contributed by atoms with Crippen molar-refractivity contribution in [2.24, 2.45) is 0 Å². The summed E-state index contributed by atoms with van der Waals surface area (Å²) in [7, 11) is 1.63. The second-order valence-electron chi connectivity index (χ2n) is 7.96. The van der Waals surface area contributed by atoms with Crippen LogP contribution in [0.3, 0.4) is 0 Å². The van der Waals surface area contributed by atoms with Gasteiger partial charge >= 0.3 is 0 Å². The first-order valence-electron chi connectivity index (χ1n) is 10.8. The normalized spacial score (nSPS) is 11.2. The van der Waals surface area contributed by atoms with Gasteiger partial charge in [0.15, 0.2) is 5.65 Å². The van der Waals surface area contributed by atoms with Gasteiger partial charge in [0.05, 0.1) is 12.8 Å². The number of ether oxygens (including phenoxy) is 1. The van der Waals surface area contributed by atoms with Crippen LogP contribution in [0.2, 0.25) is 0 Å². The molecule has 0 aliphatic carbocycles. The minimum Gasteiger partial charge on any atom is -0.497 e. The standard InChI is InChI=1S/C25H24N6O2/c1-17-3-7-19(8-4-17)21-15-22-25-28-27-23(30(25)13-14-31(22)29-21)11-12-24(32)26-16-18-5-9-20(33-2)10-6-18/h3-10,13-15H,11-12,16H2,1-2H3,(H,26,32). The monoisotopic (exact) mass is 440 g/mol. The fourth-order valence-corrected chi connectivity index (χ4v) is 3.75. The molecule has 5 rings (SSSR count). The summed E-state index contributed by atoms with van der Waals surface area (Å²) in [4.78, 5) is 12.4. The number of carbonyl (C=O) groups is 1. The quantitative estimate of drug-likeness (QED) is 0.418. The Morgan fingerprint density at radius 2 is 1.82 bits per heavy atom. The Morgan fingerprint density at radius 3 is 2.58 bits per heavy atom. The van der Waals surface area contributed by atoms with Crippen molar-refractivity contribution in [1.29, 1.82) is 0 Å². The topological polar surface area (TPSA) is 85.8 Å². The van der Waals surface area contributed by atoms with E-state index in [1.165, 1.54) is 5.56 Å². The lowest BCUT2D eigenvalue weighted by Crippen LogP contribution is -2.23. The van der Waals surface area contributed by atoms with E-state index in [1.54, 1.807) is 7.11 Å². The predicted molar refractivity (Wildman–Crippen MR) is 125 cm³/mol. The van der Waals surface area contributed by atoms with Crippen LogP contribution in [0, 0.1) is 6.92 Å². The molecule has 0 unspecified atom stereocenters. The van der Waals surface area contributed by atoms with Crippen molar-refractivity contribution in [2.45, 2.75) is 26.3 Å². The van der Waals surface area contributed by atoms with Gasteiger partial charge in [0.1, 0.15) is 17.1 Å². The van der Waals surface area contributed by atoms with Gasteiger partial charge in [-0.05, 0) is 30.7 Å². The number of carbonyl (C=O) groups excluding carboxylic acids is 1. The fraction of sp³-hybridized carbons (Fsp3) is 0.200. The lowest BCUT2D eigenvalue weighted by molar-refractivity contribution is -0.121. The van der Waals surface area contributed by atoms with E-state index in [2.05, 4.69) is 51.8 Å². The molecule has 1 amide bonds. The van der Waals surface area contributed by atoms with Crippen LogP contribution in [0.15, 0.2) is 67.0 Å². The van der Waals surface area contributed by atoms with Crippen LogP contribution in [0.5, 0.6) is 5.75 Å². The van der Waals surface area contributed by atoms with Crippen molar-refractivity contribution < 1.29 is 9.53 Å². The van der Waals surface area contributed by atoms with Crippen molar-refractivity contribution in [2.75, 3.05) is 7.11 Å². The molecule has 8 heteroatoms. The highest BCUT2D eigenvalue weighted by Gasteiger charge is 2.13. The van der Waals surface area contributed by atoms with Gasteiger partial charge in [-0.3, -0.25) is 9.20 Å². The molecule has 0 saturated heterocycles. The van der Waals surface area contributed by atoms with E-state index in [4.69, 9.17) is 4.74 Å². The summed E-state index contributed by atoms with van der Waals surface area (Å²) in [5.41, 5.74) is 5.75. The number of benzene rings is 2. The SMILES string of the molecule is COc1ccc(CNC(=O)CCc2nnc3c4cc(-c5ccc(C)cc5)nn4ccn23)cc1. The lowest BCUT2D eigenvalue weighted by Gasteiger charge is -2.06. The number of aryl methyl sites for hydroxylation is 2. The maximum Gasteiger partial charge on any atom is 0.220 e. The summed E-state index contributed by atoms with van der Waals surface area (Å²) >= 11 is 0. The third-order valence-electron chi connectivity index (χ3n) is 5.66.